The van der Waals surface area contributed by atoms with Gasteiger partial charge < -0.3 is 10.4 Å². The molecule has 1 atom stereocenters. The number of hydrogen-bond acceptors (Lipinski definition) is 2. The van der Waals surface area contributed by atoms with Gasteiger partial charge in [0.25, 0.3) is 0 Å². The Labute approximate surface area is 109 Å². The van der Waals surface area contributed by atoms with Crippen molar-refractivity contribution in [1.29, 1.82) is 0 Å². The van der Waals surface area contributed by atoms with Gasteiger partial charge in [-0.1, -0.05) is 43.7 Å². The maximum absolute atomic E-state index is 11.1. The third-order valence-electron chi connectivity index (χ3n) is 2.89. The van der Waals surface area contributed by atoms with Crippen LogP contribution < -0.4 is 5.32 Å². The highest BCUT2D eigenvalue weighted by Crippen LogP contribution is 2.07. The summed E-state index contributed by atoms with van der Waals surface area (Å²) in [6.07, 6.45) is 1.53. The zero-order valence-corrected chi connectivity index (χ0v) is 11.4. The molecule has 0 spiro atoms. The normalized spacial score (nSPS) is 12.7. The van der Waals surface area contributed by atoms with E-state index in [4.69, 9.17) is 5.11 Å². The van der Waals surface area contributed by atoms with Crippen LogP contribution in [0.4, 0.5) is 0 Å². The molecule has 0 radical (unpaired) electrons. The van der Waals surface area contributed by atoms with Gasteiger partial charge in [0, 0.05) is 0 Å². The van der Waals surface area contributed by atoms with E-state index in [1.54, 1.807) is 0 Å². The molecule has 0 fully saturated rings. The SMILES string of the molecule is Cc1cccc(CCNC(CC(C)C)C(=O)O)c1. The number of carbonyl (C=O) groups is 1. The third kappa shape index (κ3) is 5.32. The number of benzene rings is 1. The molecule has 100 valence electrons. The fraction of sp³-hybridized carbons (Fsp3) is 0.533. The van der Waals surface area contributed by atoms with Crippen molar-refractivity contribution in [2.24, 2.45) is 5.92 Å². The highest BCUT2D eigenvalue weighted by Gasteiger charge is 2.17. The lowest BCUT2D eigenvalue weighted by atomic mass is 10.0. The molecule has 0 bridgehead atoms. The van der Waals surface area contributed by atoms with Gasteiger partial charge in [0.15, 0.2) is 0 Å². The van der Waals surface area contributed by atoms with Crippen molar-refractivity contribution in [1.82, 2.24) is 5.32 Å². The predicted octanol–water partition coefficient (Wildman–Crippen LogP) is 2.63. The minimum Gasteiger partial charge on any atom is -0.480 e. The van der Waals surface area contributed by atoms with E-state index in [1.165, 1.54) is 11.1 Å². The van der Waals surface area contributed by atoms with Crippen molar-refractivity contribution in [3.8, 4) is 0 Å². The first-order valence-electron chi connectivity index (χ1n) is 6.50. The highest BCUT2D eigenvalue weighted by atomic mass is 16.4. The van der Waals surface area contributed by atoms with Crippen LogP contribution in [0, 0.1) is 12.8 Å². The van der Waals surface area contributed by atoms with Gasteiger partial charge in [0.1, 0.15) is 6.04 Å². The fourth-order valence-electron chi connectivity index (χ4n) is 2.00. The minimum absolute atomic E-state index is 0.387. The van der Waals surface area contributed by atoms with Crippen LogP contribution in [-0.2, 0) is 11.2 Å². The zero-order valence-electron chi connectivity index (χ0n) is 11.4. The maximum Gasteiger partial charge on any atom is 0.320 e. The summed E-state index contributed by atoms with van der Waals surface area (Å²) >= 11 is 0. The highest BCUT2D eigenvalue weighted by molar-refractivity contribution is 5.73. The Morgan fingerprint density at radius 2 is 2.11 bits per heavy atom. The molecule has 3 nitrogen and oxygen atoms in total. The van der Waals surface area contributed by atoms with Gasteiger partial charge in [0.05, 0.1) is 0 Å². The van der Waals surface area contributed by atoms with Crippen molar-refractivity contribution >= 4 is 5.97 Å². The largest absolute Gasteiger partial charge is 0.480 e. The molecule has 1 unspecified atom stereocenters. The van der Waals surface area contributed by atoms with Crippen molar-refractivity contribution in [3.05, 3.63) is 35.4 Å². The molecular weight excluding hydrogens is 226 g/mol. The molecule has 0 amide bonds. The van der Waals surface area contributed by atoms with E-state index < -0.39 is 12.0 Å². The molecule has 0 aliphatic carbocycles. The van der Waals surface area contributed by atoms with Gasteiger partial charge in [-0.05, 0) is 37.8 Å². The van der Waals surface area contributed by atoms with Gasteiger partial charge in [-0.25, -0.2) is 0 Å². The number of carboxylic acids is 1. The second-order valence-electron chi connectivity index (χ2n) is 5.21. The Balaban J connectivity index is 2.41. The number of carboxylic acid groups (broad SMARTS) is 1. The smallest absolute Gasteiger partial charge is 0.320 e. The van der Waals surface area contributed by atoms with Gasteiger partial charge in [-0.15, -0.1) is 0 Å². The second kappa shape index (κ2) is 7.17. The van der Waals surface area contributed by atoms with E-state index >= 15 is 0 Å². The summed E-state index contributed by atoms with van der Waals surface area (Å²) in [5.74, 6) is -0.370. The molecule has 1 aromatic carbocycles. The minimum atomic E-state index is -0.757. The third-order valence-corrected chi connectivity index (χ3v) is 2.89. The van der Waals surface area contributed by atoms with E-state index in [-0.39, 0.29) is 0 Å². The average molecular weight is 249 g/mol. The molecule has 0 aliphatic heterocycles. The zero-order chi connectivity index (χ0) is 13.5. The topological polar surface area (TPSA) is 49.3 Å². The Hall–Kier alpha value is -1.35. The molecule has 0 heterocycles. The van der Waals surface area contributed by atoms with Gasteiger partial charge in [-0.2, -0.15) is 0 Å². The summed E-state index contributed by atoms with van der Waals surface area (Å²) < 4.78 is 0. The maximum atomic E-state index is 11.1. The lowest BCUT2D eigenvalue weighted by Gasteiger charge is -2.16. The van der Waals surface area contributed by atoms with Crippen LogP contribution in [0.3, 0.4) is 0 Å². The lowest BCUT2D eigenvalue weighted by molar-refractivity contribution is -0.139. The number of aryl methyl sites for hydroxylation is 1. The van der Waals surface area contributed by atoms with E-state index in [9.17, 15) is 4.79 Å². The standard InChI is InChI=1S/C15H23NO2/c1-11(2)9-14(15(17)18)16-8-7-13-6-4-5-12(3)10-13/h4-6,10-11,14,16H,7-9H2,1-3H3,(H,17,18). The van der Waals surface area contributed by atoms with Gasteiger partial charge in [0.2, 0.25) is 0 Å². The molecule has 0 saturated carbocycles. The van der Waals surface area contributed by atoms with Crippen molar-refractivity contribution < 1.29 is 9.90 Å². The van der Waals surface area contributed by atoms with Crippen LogP contribution in [0.1, 0.15) is 31.4 Å². The van der Waals surface area contributed by atoms with E-state index in [0.717, 1.165) is 6.42 Å². The van der Waals surface area contributed by atoms with Crippen LogP contribution in [0.5, 0.6) is 0 Å². The predicted molar refractivity (Wildman–Crippen MR) is 73.8 cm³/mol. The Kier molecular flexibility index (Phi) is 5.86. The molecule has 0 saturated heterocycles. The van der Waals surface area contributed by atoms with Crippen LogP contribution in [0.15, 0.2) is 24.3 Å². The summed E-state index contributed by atoms with van der Waals surface area (Å²) in [5.41, 5.74) is 2.49. The van der Waals surface area contributed by atoms with Crippen LogP contribution in [0.2, 0.25) is 0 Å². The van der Waals surface area contributed by atoms with E-state index in [2.05, 4.69) is 30.4 Å². The Morgan fingerprint density at radius 1 is 1.39 bits per heavy atom. The molecule has 18 heavy (non-hydrogen) atoms. The van der Waals surface area contributed by atoms with Crippen molar-refractivity contribution in [2.75, 3.05) is 6.54 Å². The first kappa shape index (κ1) is 14.7. The quantitative estimate of drug-likeness (QED) is 0.781. The summed E-state index contributed by atoms with van der Waals surface area (Å²) in [5, 5.41) is 12.2. The van der Waals surface area contributed by atoms with Crippen molar-refractivity contribution in [3.63, 3.8) is 0 Å². The molecular formula is C15H23NO2. The fourth-order valence-corrected chi connectivity index (χ4v) is 2.00. The van der Waals surface area contributed by atoms with E-state index in [1.807, 2.05) is 19.9 Å². The van der Waals surface area contributed by atoms with E-state index in [0.29, 0.717) is 18.9 Å². The van der Waals surface area contributed by atoms with Crippen LogP contribution in [-0.4, -0.2) is 23.7 Å². The number of nitrogens with one attached hydrogen (secondary N) is 1. The first-order chi connectivity index (χ1) is 8.49. The first-order valence-corrected chi connectivity index (χ1v) is 6.50. The molecule has 2 N–H and O–H groups in total. The Bertz CT molecular complexity index is 388. The monoisotopic (exact) mass is 249 g/mol. The Morgan fingerprint density at radius 3 is 2.67 bits per heavy atom. The molecule has 0 aliphatic rings. The summed E-state index contributed by atoms with van der Waals surface area (Å²) in [4.78, 5) is 11.1. The van der Waals surface area contributed by atoms with Crippen LogP contribution in [0.25, 0.3) is 0 Å². The lowest BCUT2D eigenvalue weighted by Crippen LogP contribution is -2.38. The van der Waals surface area contributed by atoms with Gasteiger partial charge in [-0.3, -0.25) is 4.79 Å². The average Bonchev–Trinajstić information content (AvgIpc) is 2.27. The summed E-state index contributed by atoms with van der Waals surface area (Å²) in [6, 6.07) is 7.88. The summed E-state index contributed by atoms with van der Waals surface area (Å²) in [7, 11) is 0. The molecule has 1 aromatic rings. The second-order valence-corrected chi connectivity index (χ2v) is 5.21. The molecule has 0 aromatic heterocycles. The number of hydrogen-bond donors (Lipinski definition) is 2. The number of rotatable bonds is 7. The number of aliphatic carboxylic acids is 1. The molecule has 3 heteroatoms. The molecule has 1 rings (SSSR count). The van der Waals surface area contributed by atoms with Crippen LogP contribution >= 0.6 is 0 Å². The summed E-state index contributed by atoms with van der Waals surface area (Å²) in [6.45, 7) is 6.85. The van der Waals surface area contributed by atoms with Gasteiger partial charge >= 0.3 is 5.97 Å². The van der Waals surface area contributed by atoms with Crippen molar-refractivity contribution in [2.45, 2.75) is 39.7 Å².